The molecule has 6 nitrogen and oxygen atoms in total. The van der Waals surface area contributed by atoms with Gasteiger partial charge >= 0.3 is 6.18 Å². The number of primary amides is 1. The number of anilines is 1. The predicted octanol–water partition coefficient (Wildman–Crippen LogP) is 3.63. The molecule has 1 atom stereocenters. The van der Waals surface area contributed by atoms with Crippen molar-refractivity contribution in [1.82, 2.24) is 4.90 Å². The second kappa shape index (κ2) is 9.21. The number of nitriles is 1. The van der Waals surface area contributed by atoms with E-state index >= 15 is 0 Å². The van der Waals surface area contributed by atoms with E-state index in [9.17, 15) is 27.2 Å². The van der Waals surface area contributed by atoms with Gasteiger partial charge in [0.2, 0.25) is 11.8 Å². The molecule has 0 bridgehead atoms. The molecule has 2 fully saturated rings. The highest BCUT2D eigenvalue weighted by atomic mass is 19.4. The van der Waals surface area contributed by atoms with Crippen molar-refractivity contribution >= 4 is 17.5 Å². The number of halogens is 4. The third kappa shape index (κ3) is 4.94. The molecule has 2 aromatic rings. The number of hydrogen-bond acceptors (Lipinski definition) is 4. The van der Waals surface area contributed by atoms with Crippen LogP contribution in [0.4, 0.5) is 23.2 Å². The number of alkyl halides is 3. The van der Waals surface area contributed by atoms with Gasteiger partial charge in [-0.05, 0) is 54.5 Å². The molecule has 0 saturated carbocycles. The van der Waals surface area contributed by atoms with E-state index in [1.54, 1.807) is 12.1 Å². The molecular weight excluding hydrogens is 464 g/mol. The smallest absolute Gasteiger partial charge is 0.371 e. The van der Waals surface area contributed by atoms with Crippen LogP contribution in [0, 0.1) is 22.6 Å². The van der Waals surface area contributed by atoms with Crippen LogP contribution < -0.4 is 10.6 Å². The Morgan fingerprint density at radius 1 is 1.14 bits per heavy atom. The maximum atomic E-state index is 14.0. The van der Waals surface area contributed by atoms with E-state index in [0.717, 1.165) is 6.07 Å². The number of piperidine rings is 1. The third-order valence-electron chi connectivity index (χ3n) is 7.07. The number of likely N-dealkylation sites (tertiary alicyclic amines) is 1. The number of rotatable bonds is 4. The summed E-state index contributed by atoms with van der Waals surface area (Å²) in [6.07, 6.45) is -3.38. The van der Waals surface area contributed by atoms with Gasteiger partial charge in [0.25, 0.3) is 0 Å². The minimum Gasteiger partial charge on any atom is -0.371 e. The molecule has 0 aromatic heterocycles. The van der Waals surface area contributed by atoms with Gasteiger partial charge in [0, 0.05) is 25.3 Å². The lowest BCUT2D eigenvalue weighted by molar-refractivity contribution is -0.137. The van der Waals surface area contributed by atoms with E-state index in [1.807, 2.05) is 4.90 Å². The summed E-state index contributed by atoms with van der Waals surface area (Å²) in [5, 5.41) is 9.02. The minimum absolute atomic E-state index is 0.190. The maximum Gasteiger partial charge on any atom is 0.417 e. The van der Waals surface area contributed by atoms with Crippen LogP contribution in [-0.2, 0) is 22.2 Å². The fourth-order valence-corrected chi connectivity index (χ4v) is 5.14. The Bertz CT molecular complexity index is 1180. The normalized spacial score (nSPS) is 19.6. The van der Waals surface area contributed by atoms with Crippen LogP contribution in [0.5, 0.6) is 0 Å². The minimum atomic E-state index is -4.64. The predicted molar refractivity (Wildman–Crippen MR) is 119 cm³/mol. The van der Waals surface area contributed by atoms with Gasteiger partial charge in [0.05, 0.1) is 23.6 Å². The Kier molecular flexibility index (Phi) is 6.45. The zero-order valence-corrected chi connectivity index (χ0v) is 18.8. The lowest BCUT2D eigenvalue weighted by Gasteiger charge is -2.40. The molecular formula is C25H24F4N4O2. The number of nitrogens with zero attached hydrogens (tertiary/aromatic N) is 3. The molecule has 0 aliphatic carbocycles. The lowest BCUT2D eigenvalue weighted by Crippen LogP contribution is -2.45. The first-order chi connectivity index (χ1) is 16.5. The number of nitrogens with two attached hydrogens (primary N) is 1. The molecule has 2 saturated heterocycles. The van der Waals surface area contributed by atoms with Crippen LogP contribution in [0.2, 0.25) is 0 Å². The fourth-order valence-electron chi connectivity index (χ4n) is 5.14. The standard InChI is InChI=1S/C25H24F4N4O2/c26-20-4-2-1-3-16(20)11-22(34)33-15-24(13-21(33)23(31)35)7-9-32(10-8-24)18-6-5-17(14-30)19(12-18)25(27,28)29/h1-6,12,21H,7-11,13,15H2,(H2,31,35). The molecule has 2 N–H and O–H groups in total. The van der Waals surface area contributed by atoms with Crippen molar-refractivity contribution in [2.45, 2.75) is 37.9 Å². The van der Waals surface area contributed by atoms with E-state index < -0.39 is 40.5 Å². The number of hydrogen-bond donors (Lipinski definition) is 1. The monoisotopic (exact) mass is 488 g/mol. The Balaban J connectivity index is 1.49. The van der Waals surface area contributed by atoms with Crippen molar-refractivity contribution in [2.24, 2.45) is 11.1 Å². The summed E-state index contributed by atoms with van der Waals surface area (Å²) >= 11 is 0. The van der Waals surface area contributed by atoms with Crippen molar-refractivity contribution in [3.05, 3.63) is 65.0 Å². The SMILES string of the molecule is N#Cc1ccc(N2CCC3(CC2)CC(C(N)=O)N(C(=O)Cc2ccccc2F)C3)cc1C(F)(F)F. The Morgan fingerprint density at radius 2 is 1.83 bits per heavy atom. The summed E-state index contributed by atoms with van der Waals surface area (Å²) in [6.45, 7) is 1.12. The molecule has 10 heteroatoms. The van der Waals surface area contributed by atoms with Gasteiger partial charge in [0.15, 0.2) is 0 Å². The first kappa shape index (κ1) is 24.5. The first-order valence-electron chi connectivity index (χ1n) is 11.2. The molecule has 2 aliphatic heterocycles. The quantitative estimate of drug-likeness (QED) is 0.666. The number of carbonyl (C=O) groups excluding carboxylic acids is 2. The molecule has 2 heterocycles. The Hall–Kier alpha value is -3.61. The second-order valence-corrected chi connectivity index (χ2v) is 9.24. The van der Waals surface area contributed by atoms with Gasteiger partial charge in [-0.25, -0.2) is 4.39 Å². The van der Waals surface area contributed by atoms with Crippen LogP contribution in [0.15, 0.2) is 42.5 Å². The van der Waals surface area contributed by atoms with Crippen LogP contribution in [0.1, 0.15) is 36.0 Å². The summed E-state index contributed by atoms with van der Waals surface area (Å²) in [5.41, 5.74) is 4.38. The number of benzene rings is 2. The zero-order valence-electron chi connectivity index (χ0n) is 18.8. The molecule has 35 heavy (non-hydrogen) atoms. The van der Waals surface area contributed by atoms with Crippen LogP contribution in [0.25, 0.3) is 0 Å². The molecule has 0 radical (unpaired) electrons. The summed E-state index contributed by atoms with van der Waals surface area (Å²) in [6, 6.07) is 10.4. The summed E-state index contributed by atoms with van der Waals surface area (Å²) in [5.74, 6) is -1.52. The summed E-state index contributed by atoms with van der Waals surface area (Å²) in [4.78, 5) is 28.4. The Labute approximate surface area is 199 Å². The topological polar surface area (TPSA) is 90.4 Å². The average Bonchev–Trinajstić information content (AvgIpc) is 3.20. The average molecular weight is 488 g/mol. The van der Waals surface area contributed by atoms with Gasteiger partial charge < -0.3 is 15.5 Å². The van der Waals surface area contributed by atoms with Gasteiger partial charge in [-0.1, -0.05) is 18.2 Å². The second-order valence-electron chi connectivity index (χ2n) is 9.24. The highest BCUT2D eigenvalue weighted by molar-refractivity contribution is 5.88. The van der Waals surface area contributed by atoms with Crippen molar-refractivity contribution in [3.63, 3.8) is 0 Å². The van der Waals surface area contributed by atoms with Crippen molar-refractivity contribution in [2.75, 3.05) is 24.5 Å². The maximum absolute atomic E-state index is 14.0. The highest BCUT2D eigenvalue weighted by Crippen LogP contribution is 2.45. The summed E-state index contributed by atoms with van der Waals surface area (Å²) in [7, 11) is 0. The summed E-state index contributed by atoms with van der Waals surface area (Å²) < 4.78 is 54.1. The van der Waals surface area contributed by atoms with Gasteiger partial charge in [-0.3, -0.25) is 9.59 Å². The molecule has 184 valence electrons. The van der Waals surface area contributed by atoms with Gasteiger partial charge in [0.1, 0.15) is 11.9 Å². The van der Waals surface area contributed by atoms with E-state index in [-0.39, 0.29) is 24.4 Å². The Morgan fingerprint density at radius 3 is 2.43 bits per heavy atom. The van der Waals surface area contributed by atoms with Gasteiger partial charge in [-0.2, -0.15) is 18.4 Å². The van der Waals surface area contributed by atoms with Crippen LogP contribution in [0.3, 0.4) is 0 Å². The number of carbonyl (C=O) groups is 2. The van der Waals surface area contributed by atoms with E-state index in [1.165, 1.54) is 35.2 Å². The largest absolute Gasteiger partial charge is 0.417 e. The van der Waals surface area contributed by atoms with Crippen molar-refractivity contribution < 1.29 is 27.2 Å². The first-order valence-corrected chi connectivity index (χ1v) is 11.2. The van der Waals surface area contributed by atoms with Crippen molar-refractivity contribution in [1.29, 1.82) is 5.26 Å². The lowest BCUT2D eigenvalue weighted by atomic mass is 9.76. The van der Waals surface area contributed by atoms with Crippen molar-refractivity contribution in [3.8, 4) is 6.07 Å². The molecule has 4 rings (SSSR count). The number of amides is 2. The molecule has 1 spiro atoms. The van der Waals surface area contributed by atoms with E-state index in [2.05, 4.69) is 0 Å². The molecule has 2 aliphatic rings. The van der Waals surface area contributed by atoms with E-state index in [0.29, 0.717) is 38.0 Å². The third-order valence-corrected chi connectivity index (χ3v) is 7.07. The zero-order chi connectivity index (χ0) is 25.4. The van der Waals surface area contributed by atoms with E-state index in [4.69, 9.17) is 11.0 Å². The fraction of sp³-hybridized carbons (Fsp3) is 0.400. The van der Waals surface area contributed by atoms with Crippen LogP contribution >= 0.6 is 0 Å². The molecule has 2 aromatic carbocycles. The highest BCUT2D eigenvalue weighted by Gasteiger charge is 2.49. The molecule has 1 unspecified atom stereocenters. The van der Waals surface area contributed by atoms with Gasteiger partial charge in [-0.15, -0.1) is 0 Å². The van der Waals surface area contributed by atoms with Crippen LogP contribution in [-0.4, -0.2) is 42.4 Å². The molecule has 2 amide bonds.